The summed E-state index contributed by atoms with van der Waals surface area (Å²) in [5.41, 5.74) is 10.6. The molecule has 0 saturated heterocycles. The Morgan fingerprint density at radius 1 is 1.23 bits per heavy atom. The van der Waals surface area contributed by atoms with Crippen molar-refractivity contribution in [2.24, 2.45) is 0 Å². The number of benzene rings is 1. The minimum Gasteiger partial charge on any atom is -0.382 e. The highest BCUT2D eigenvalue weighted by molar-refractivity contribution is 9.10. The molecule has 0 fully saturated rings. The second-order valence-corrected chi connectivity index (χ2v) is 8.85. The Morgan fingerprint density at radius 3 is 2.90 bits per heavy atom. The number of hydrogen-bond acceptors (Lipinski definition) is 6. The zero-order valence-corrected chi connectivity index (χ0v) is 18.9. The molecule has 31 heavy (non-hydrogen) atoms. The van der Waals surface area contributed by atoms with E-state index in [0.717, 1.165) is 26.8 Å². The second-order valence-electron chi connectivity index (χ2n) is 7.12. The summed E-state index contributed by atoms with van der Waals surface area (Å²) in [5, 5.41) is 5.72. The fourth-order valence-corrected chi connectivity index (χ4v) is 5.18. The number of amides is 1. The van der Waals surface area contributed by atoms with Crippen molar-refractivity contribution >= 4 is 65.8 Å². The van der Waals surface area contributed by atoms with Gasteiger partial charge in [0.2, 0.25) is 0 Å². The molecule has 0 saturated carbocycles. The number of nitrogens with zero attached hydrogens (tertiary/aromatic N) is 4. The number of rotatable bonds is 4. The van der Waals surface area contributed by atoms with Crippen molar-refractivity contribution in [1.82, 2.24) is 19.5 Å². The normalized spacial score (nSPS) is 11.3. The van der Waals surface area contributed by atoms with Crippen LogP contribution in [0.3, 0.4) is 0 Å². The molecule has 0 aliphatic heterocycles. The minimum atomic E-state index is -0.239. The van der Waals surface area contributed by atoms with Crippen molar-refractivity contribution in [3.8, 4) is 0 Å². The summed E-state index contributed by atoms with van der Waals surface area (Å²) in [6.07, 6.45) is 3.39. The number of anilines is 2. The number of carbonyl (C=O) groups excluding carboxylic acids is 1. The first-order valence-corrected chi connectivity index (χ1v) is 11.2. The molecule has 0 spiro atoms. The van der Waals surface area contributed by atoms with E-state index in [2.05, 4.69) is 40.8 Å². The summed E-state index contributed by atoms with van der Waals surface area (Å²) in [7, 11) is 0. The lowest BCUT2D eigenvalue weighted by atomic mass is 10.2. The summed E-state index contributed by atoms with van der Waals surface area (Å²) in [4.78, 5) is 25.9. The van der Waals surface area contributed by atoms with Gasteiger partial charge in [-0.15, -0.1) is 11.3 Å². The summed E-state index contributed by atoms with van der Waals surface area (Å²) in [5.74, 6) is 0.137. The van der Waals surface area contributed by atoms with E-state index in [1.165, 1.54) is 17.7 Å². The quantitative estimate of drug-likeness (QED) is 0.367. The second kappa shape index (κ2) is 7.75. The molecule has 0 aliphatic rings. The lowest BCUT2D eigenvalue weighted by molar-refractivity contribution is 0.102. The van der Waals surface area contributed by atoms with Crippen LogP contribution >= 0.6 is 27.3 Å². The van der Waals surface area contributed by atoms with Gasteiger partial charge in [0.1, 0.15) is 12.1 Å². The highest BCUT2D eigenvalue weighted by atomic mass is 79.9. The molecule has 0 radical (unpaired) electrons. The molecular formula is C22H17BrN6OS. The summed E-state index contributed by atoms with van der Waals surface area (Å²) < 4.78 is 3.72. The predicted molar refractivity (Wildman–Crippen MR) is 127 cm³/mol. The van der Waals surface area contributed by atoms with Crippen molar-refractivity contribution in [2.45, 2.75) is 13.5 Å². The van der Waals surface area contributed by atoms with E-state index in [0.29, 0.717) is 33.8 Å². The van der Waals surface area contributed by atoms with Crippen LogP contribution in [0.15, 0.2) is 58.8 Å². The van der Waals surface area contributed by atoms with Gasteiger partial charge in [0.15, 0.2) is 0 Å². The maximum Gasteiger partial charge on any atom is 0.258 e. The van der Waals surface area contributed by atoms with E-state index in [-0.39, 0.29) is 5.91 Å². The van der Waals surface area contributed by atoms with Gasteiger partial charge in [0.25, 0.3) is 5.91 Å². The number of nitrogens with two attached hydrogens (primary N) is 1. The highest BCUT2D eigenvalue weighted by Crippen LogP contribution is 2.34. The molecule has 0 atom stereocenters. The van der Waals surface area contributed by atoms with Gasteiger partial charge in [-0.2, -0.15) is 0 Å². The molecule has 1 amide bonds. The van der Waals surface area contributed by atoms with E-state index in [4.69, 9.17) is 5.73 Å². The third-order valence-corrected chi connectivity index (χ3v) is 6.61. The molecule has 7 nitrogen and oxygen atoms in total. The van der Waals surface area contributed by atoms with Crippen molar-refractivity contribution in [3.63, 3.8) is 0 Å². The third-order valence-electron chi connectivity index (χ3n) is 5.01. The van der Waals surface area contributed by atoms with Gasteiger partial charge in [-0.05, 0) is 47.1 Å². The maximum atomic E-state index is 13.1. The average Bonchev–Trinajstić information content (AvgIpc) is 3.31. The van der Waals surface area contributed by atoms with Crippen LogP contribution in [0.1, 0.15) is 21.7 Å². The maximum absolute atomic E-state index is 13.1. The van der Waals surface area contributed by atoms with Crippen LogP contribution in [0.25, 0.3) is 21.1 Å². The standard InChI is InChI=1S/C22H17BrN6OS/c1-12-4-2-5-13(27-12)8-29-9-15(23)18-16(6-3-7-17(18)29)28-22(30)14-10-31-20-19(14)25-11-26-21(20)24/h2-7,9-11H,8H2,1H3,(H,28,30)(H2,24,25,26). The smallest absolute Gasteiger partial charge is 0.258 e. The average molecular weight is 493 g/mol. The van der Waals surface area contributed by atoms with Gasteiger partial charge < -0.3 is 15.6 Å². The van der Waals surface area contributed by atoms with Crippen LogP contribution in [0, 0.1) is 6.92 Å². The van der Waals surface area contributed by atoms with E-state index < -0.39 is 0 Å². The van der Waals surface area contributed by atoms with Gasteiger partial charge in [-0.3, -0.25) is 9.78 Å². The first kappa shape index (κ1) is 19.7. The number of thiophene rings is 1. The first-order chi connectivity index (χ1) is 15.0. The van der Waals surface area contributed by atoms with E-state index in [1.807, 2.05) is 49.5 Å². The van der Waals surface area contributed by atoms with Gasteiger partial charge in [-0.1, -0.05) is 12.1 Å². The van der Waals surface area contributed by atoms with Crippen molar-refractivity contribution in [1.29, 1.82) is 0 Å². The number of nitrogen functional groups attached to an aromatic ring is 1. The van der Waals surface area contributed by atoms with Gasteiger partial charge in [0, 0.05) is 27.1 Å². The Labute approximate surface area is 190 Å². The lowest BCUT2D eigenvalue weighted by Crippen LogP contribution is -2.12. The topological polar surface area (TPSA) is 98.7 Å². The highest BCUT2D eigenvalue weighted by Gasteiger charge is 2.18. The monoisotopic (exact) mass is 492 g/mol. The van der Waals surface area contributed by atoms with Gasteiger partial charge in [-0.25, -0.2) is 9.97 Å². The molecule has 1 aromatic carbocycles. The van der Waals surface area contributed by atoms with E-state index >= 15 is 0 Å². The van der Waals surface area contributed by atoms with Crippen molar-refractivity contribution in [3.05, 3.63) is 75.7 Å². The molecule has 0 bridgehead atoms. The van der Waals surface area contributed by atoms with Gasteiger partial charge in [0.05, 0.1) is 39.2 Å². The summed E-state index contributed by atoms with van der Waals surface area (Å²) in [6.45, 7) is 2.61. The number of nitrogens with one attached hydrogen (secondary N) is 1. The van der Waals surface area contributed by atoms with E-state index in [9.17, 15) is 4.79 Å². The molecule has 5 rings (SSSR count). The number of carbonyl (C=O) groups is 1. The third kappa shape index (κ3) is 3.55. The number of pyridine rings is 1. The van der Waals surface area contributed by atoms with Gasteiger partial charge >= 0.3 is 0 Å². The Morgan fingerprint density at radius 2 is 2.06 bits per heavy atom. The van der Waals surface area contributed by atoms with Crippen LogP contribution in [-0.2, 0) is 6.54 Å². The molecule has 5 aromatic rings. The van der Waals surface area contributed by atoms with Crippen LogP contribution in [0.5, 0.6) is 0 Å². The minimum absolute atomic E-state index is 0.239. The number of halogens is 1. The molecule has 4 heterocycles. The zero-order chi connectivity index (χ0) is 21.5. The van der Waals surface area contributed by atoms with Crippen LogP contribution < -0.4 is 11.1 Å². The number of fused-ring (bicyclic) bond motifs is 2. The Balaban J connectivity index is 1.51. The molecule has 3 N–H and O–H groups in total. The zero-order valence-electron chi connectivity index (χ0n) is 16.5. The Kier molecular flexibility index (Phi) is 4.91. The van der Waals surface area contributed by atoms with Crippen molar-refractivity contribution < 1.29 is 4.79 Å². The number of hydrogen-bond donors (Lipinski definition) is 2. The summed E-state index contributed by atoms with van der Waals surface area (Å²) in [6, 6.07) is 11.8. The van der Waals surface area contributed by atoms with Crippen molar-refractivity contribution in [2.75, 3.05) is 11.1 Å². The van der Waals surface area contributed by atoms with Crippen LogP contribution in [0.2, 0.25) is 0 Å². The van der Waals surface area contributed by atoms with E-state index in [1.54, 1.807) is 5.38 Å². The SMILES string of the molecule is Cc1cccc(Cn2cc(Br)c3c(NC(=O)c4csc5c(N)ncnc45)cccc32)n1. The molecular weight excluding hydrogens is 476 g/mol. The lowest BCUT2D eigenvalue weighted by Gasteiger charge is -2.09. The fourth-order valence-electron chi connectivity index (χ4n) is 3.62. The van der Waals surface area contributed by atoms with Crippen LogP contribution in [-0.4, -0.2) is 25.4 Å². The predicted octanol–water partition coefficient (Wildman–Crippen LogP) is 4.99. The molecule has 9 heteroatoms. The number of aromatic nitrogens is 4. The molecule has 0 aliphatic carbocycles. The Bertz CT molecular complexity index is 1460. The Hall–Kier alpha value is -3.30. The summed E-state index contributed by atoms with van der Waals surface area (Å²) >= 11 is 5.02. The first-order valence-electron chi connectivity index (χ1n) is 9.50. The fraction of sp³-hybridized carbons (Fsp3) is 0.0909. The van der Waals surface area contributed by atoms with Crippen LogP contribution in [0.4, 0.5) is 11.5 Å². The molecule has 154 valence electrons. The molecule has 0 unspecified atom stereocenters. The largest absolute Gasteiger partial charge is 0.382 e. The molecule has 4 aromatic heterocycles. The number of aryl methyl sites for hydroxylation is 1.